The minimum absolute atomic E-state index is 0. The lowest BCUT2D eigenvalue weighted by Gasteiger charge is -2.10. The lowest BCUT2D eigenvalue weighted by atomic mass is 10.3. The van der Waals surface area contributed by atoms with Crippen molar-refractivity contribution in [3.8, 4) is 0 Å². The molecule has 0 aliphatic heterocycles. The van der Waals surface area contributed by atoms with Crippen molar-refractivity contribution in [1.82, 2.24) is 14.8 Å². The molecule has 2 rings (SSSR count). The SMILES string of the molecule is Cc1cnc2[nH]n(C)c2c1.[HH]. The Morgan fingerprint density at radius 1 is 1.70 bits per heavy atom. The van der Waals surface area contributed by atoms with Gasteiger partial charge in [-0.15, -0.1) is 0 Å². The summed E-state index contributed by atoms with van der Waals surface area (Å²) in [5.41, 5.74) is 3.36. The monoisotopic (exact) mass is 137 g/mol. The Labute approximate surface area is 60.1 Å². The van der Waals surface area contributed by atoms with E-state index in [0.717, 1.165) is 5.65 Å². The zero-order chi connectivity index (χ0) is 7.14. The Morgan fingerprint density at radius 2 is 2.50 bits per heavy atom. The quantitative estimate of drug-likeness (QED) is 0.586. The minimum atomic E-state index is 0. The molecule has 0 spiro atoms. The molecule has 0 unspecified atom stereocenters. The summed E-state index contributed by atoms with van der Waals surface area (Å²) in [6.07, 6.45) is 1.86. The summed E-state index contributed by atoms with van der Waals surface area (Å²) < 4.78 is 1.95. The largest absolute Gasteiger partial charge is 0.286 e. The summed E-state index contributed by atoms with van der Waals surface area (Å²) >= 11 is 0. The van der Waals surface area contributed by atoms with E-state index >= 15 is 0 Å². The van der Waals surface area contributed by atoms with Crippen molar-refractivity contribution in [3.05, 3.63) is 17.8 Å². The van der Waals surface area contributed by atoms with Gasteiger partial charge in [-0.25, -0.2) is 4.98 Å². The van der Waals surface area contributed by atoms with Gasteiger partial charge in [-0.1, -0.05) is 0 Å². The molecule has 2 aromatic rings. The van der Waals surface area contributed by atoms with Gasteiger partial charge in [-0.2, -0.15) is 0 Å². The summed E-state index contributed by atoms with van der Waals surface area (Å²) in [5.74, 6) is 0. The van der Waals surface area contributed by atoms with Crippen molar-refractivity contribution in [2.75, 3.05) is 0 Å². The first kappa shape index (κ1) is 5.53. The van der Waals surface area contributed by atoms with Crippen LogP contribution in [0, 0.1) is 6.92 Å². The first-order chi connectivity index (χ1) is 4.77. The molecule has 10 heavy (non-hydrogen) atoms. The van der Waals surface area contributed by atoms with Crippen LogP contribution in [0.5, 0.6) is 0 Å². The predicted octanol–water partition coefficient (Wildman–Crippen LogP) is 1.46. The van der Waals surface area contributed by atoms with Crippen molar-refractivity contribution in [1.29, 1.82) is 0 Å². The second-order valence-electron chi connectivity index (χ2n) is 2.55. The van der Waals surface area contributed by atoms with Gasteiger partial charge in [-0.05, 0) is 18.6 Å². The molecule has 0 radical (unpaired) electrons. The van der Waals surface area contributed by atoms with Crippen molar-refractivity contribution in [3.63, 3.8) is 0 Å². The topological polar surface area (TPSA) is 33.6 Å². The third-order valence-corrected chi connectivity index (χ3v) is 1.64. The molecule has 0 aromatic carbocycles. The number of hydrogen-bond acceptors (Lipinski definition) is 1. The molecule has 0 amide bonds. The normalized spacial score (nSPS) is 11.0. The van der Waals surface area contributed by atoms with E-state index in [1.807, 2.05) is 24.9 Å². The summed E-state index contributed by atoms with van der Waals surface area (Å²) in [6.45, 7) is 2.04. The third-order valence-electron chi connectivity index (χ3n) is 1.64. The first-order valence-corrected chi connectivity index (χ1v) is 3.24. The van der Waals surface area contributed by atoms with E-state index in [1.54, 1.807) is 0 Å². The van der Waals surface area contributed by atoms with Crippen LogP contribution in [-0.4, -0.2) is 14.8 Å². The highest BCUT2D eigenvalue weighted by Gasteiger charge is 2.00. The maximum Gasteiger partial charge on any atom is 0.170 e. The van der Waals surface area contributed by atoms with Gasteiger partial charge >= 0.3 is 0 Å². The Bertz CT molecular complexity index is 357. The van der Waals surface area contributed by atoms with E-state index in [4.69, 9.17) is 0 Å². The zero-order valence-electron chi connectivity index (χ0n) is 6.05. The number of aromatic amines is 1. The fourth-order valence-corrected chi connectivity index (χ4v) is 1.06. The molecule has 54 valence electrons. The highest BCUT2D eigenvalue weighted by atomic mass is 15.3. The Morgan fingerprint density at radius 3 is 3.10 bits per heavy atom. The molecule has 0 saturated carbocycles. The van der Waals surface area contributed by atoms with Crippen LogP contribution < -0.4 is 0 Å². The van der Waals surface area contributed by atoms with Crippen molar-refractivity contribution >= 4 is 11.2 Å². The number of aryl methyl sites for hydroxylation is 2. The summed E-state index contributed by atoms with van der Waals surface area (Å²) in [4.78, 5) is 4.16. The maximum atomic E-state index is 4.16. The number of nitrogens with zero attached hydrogens (tertiary/aromatic N) is 2. The van der Waals surface area contributed by atoms with E-state index in [-0.39, 0.29) is 1.43 Å². The molecule has 0 atom stereocenters. The van der Waals surface area contributed by atoms with Crippen LogP contribution in [0.1, 0.15) is 6.99 Å². The van der Waals surface area contributed by atoms with Crippen molar-refractivity contribution in [2.45, 2.75) is 6.92 Å². The number of rotatable bonds is 0. The molecule has 3 heteroatoms. The molecule has 0 fully saturated rings. The van der Waals surface area contributed by atoms with Crippen LogP contribution >= 0.6 is 0 Å². The standard InChI is InChI=1S/C7H9N3.H2/c1-5-3-6-7(8-4-5)9-10(6)2;/h3-4H,1-2H3,(H,8,9);1H. The number of aromatic nitrogens is 3. The van der Waals surface area contributed by atoms with Crippen LogP contribution in [0.4, 0.5) is 0 Å². The van der Waals surface area contributed by atoms with E-state index in [1.165, 1.54) is 11.1 Å². The highest BCUT2D eigenvalue weighted by molar-refractivity contribution is 5.72. The molecule has 0 aliphatic rings. The second kappa shape index (κ2) is 1.62. The fraction of sp³-hybridized carbons (Fsp3) is 0.286. The molecule has 1 N–H and O–H groups in total. The van der Waals surface area contributed by atoms with Gasteiger partial charge in [0.2, 0.25) is 0 Å². The summed E-state index contributed by atoms with van der Waals surface area (Å²) in [7, 11) is 1.98. The van der Waals surface area contributed by atoms with Crippen molar-refractivity contribution < 1.29 is 1.43 Å². The number of pyridine rings is 1. The number of nitrogens with one attached hydrogen (secondary N) is 1. The smallest absolute Gasteiger partial charge is 0.170 e. The Balaban J connectivity index is 0.000000605. The van der Waals surface area contributed by atoms with E-state index in [0.29, 0.717) is 0 Å². The molecular weight excluding hydrogens is 126 g/mol. The number of fused-ring (bicyclic) bond motifs is 1. The average molecular weight is 137 g/mol. The first-order valence-electron chi connectivity index (χ1n) is 3.24. The maximum absolute atomic E-state index is 4.16. The molecule has 3 nitrogen and oxygen atoms in total. The average Bonchev–Trinajstić information content (AvgIpc) is 1.92. The Hall–Kier alpha value is -1.25. The van der Waals surface area contributed by atoms with Crippen LogP contribution in [0.3, 0.4) is 0 Å². The van der Waals surface area contributed by atoms with Crippen LogP contribution in [-0.2, 0) is 7.05 Å². The molecule has 0 saturated heterocycles. The van der Waals surface area contributed by atoms with Gasteiger partial charge in [0.15, 0.2) is 5.65 Å². The third kappa shape index (κ3) is 0.572. The highest BCUT2D eigenvalue weighted by Crippen LogP contribution is 2.10. The molecular formula is C7H11N3. The fourth-order valence-electron chi connectivity index (χ4n) is 1.06. The molecule has 0 bridgehead atoms. The van der Waals surface area contributed by atoms with Crippen LogP contribution in [0.25, 0.3) is 11.2 Å². The Kier molecular flexibility index (Phi) is 0.897. The predicted molar refractivity (Wildman–Crippen MR) is 41.9 cm³/mol. The van der Waals surface area contributed by atoms with Gasteiger partial charge < -0.3 is 0 Å². The van der Waals surface area contributed by atoms with Gasteiger partial charge in [-0.3, -0.25) is 9.78 Å². The summed E-state index contributed by atoms with van der Waals surface area (Å²) in [5, 5.41) is 3.04. The van der Waals surface area contributed by atoms with E-state index < -0.39 is 0 Å². The van der Waals surface area contributed by atoms with Crippen molar-refractivity contribution in [2.24, 2.45) is 7.05 Å². The lowest BCUT2D eigenvalue weighted by Crippen LogP contribution is -2.06. The molecule has 2 aromatic heterocycles. The lowest BCUT2D eigenvalue weighted by molar-refractivity contribution is 0.750. The number of hydrogen-bond donors (Lipinski definition) is 1. The molecule has 2 heterocycles. The van der Waals surface area contributed by atoms with Gasteiger partial charge in [0.25, 0.3) is 0 Å². The van der Waals surface area contributed by atoms with E-state index in [2.05, 4.69) is 16.1 Å². The zero-order valence-corrected chi connectivity index (χ0v) is 6.05. The summed E-state index contributed by atoms with van der Waals surface area (Å²) in [6, 6.07) is 2.11. The number of H-pyrrole nitrogens is 1. The molecule has 0 aliphatic carbocycles. The van der Waals surface area contributed by atoms with E-state index in [9.17, 15) is 0 Å². The van der Waals surface area contributed by atoms with Gasteiger partial charge in [0.1, 0.15) is 5.52 Å². The second-order valence-corrected chi connectivity index (χ2v) is 2.55. The van der Waals surface area contributed by atoms with Gasteiger partial charge in [0, 0.05) is 14.7 Å². The van der Waals surface area contributed by atoms with Crippen LogP contribution in [0.15, 0.2) is 12.3 Å². The van der Waals surface area contributed by atoms with Gasteiger partial charge in [0.05, 0.1) is 0 Å². The van der Waals surface area contributed by atoms with Crippen LogP contribution in [0.2, 0.25) is 0 Å². The minimum Gasteiger partial charge on any atom is -0.286 e.